The van der Waals surface area contributed by atoms with E-state index in [9.17, 15) is 4.79 Å². The lowest BCUT2D eigenvalue weighted by atomic mass is 9.84. The first-order valence-electron chi connectivity index (χ1n) is 27.9. The number of halogens is 1. The van der Waals surface area contributed by atoms with Crippen LogP contribution in [-0.4, -0.2) is 78.0 Å². The van der Waals surface area contributed by atoms with E-state index in [1.54, 1.807) is 23.3 Å². The Bertz CT molecular complexity index is 3160. The fourth-order valence-electron chi connectivity index (χ4n) is 11.7. The third kappa shape index (κ3) is 12.5. The Balaban J connectivity index is 0.763. The number of carbonyl (C=O) groups is 1. The minimum atomic E-state index is -0.360. The lowest BCUT2D eigenvalue weighted by Crippen LogP contribution is -2.47. The van der Waals surface area contributed by atoms with Gasteiger partial charge < -0.3 is 20.4 Å². The molecular weight excluding hydrogens is 972 g/mol. The number of piperazine rings is 1. The SMILES string of the molecule is C=CCCC(C(=C)NC)N1C(=C)c2cc(N3CCN(CCCCCCCCc4cccc(-c5ccc(N6CCc7cccc(C(=C)Nc8nc9ccccc9s8)c7C6)nc5C(=C)CC(C)(C)C)c4C)CC3)c(F)cc2C1=O. The van der Waals surface area contributed by atoms with Crippen LogP contribution in [0.5, 0.6) is 0 Å². The molecule has 3 aliphatic rings. The molecule has 402 valence electrons. The van der Waals surface area contributed by atoms with Crippen molar-refractivity contribution in [2.75, 3.05) is 61.4 Å². The molecule has 2 aromatic heterocycles. The van der Waals surface area contributed by atoms with Gasteiger partial charge in [-0.15, -0.1) is 6.58 Å². The molecule has 9 nitrogen and oxygen atoms in total. The van der Waals surface area contributed by atoms with E-state index in [4.69, 9.17) is 9.97 Å². The number of benzene rings is 4. The number of carbonyl (C=O) groups excluding carboxylic acids is 1. The van der Waals surface area contributed by atoms with Gasteiger partial charge in [0.15, 0.2) is 5.13 Å². The highest BCUT2D eigenvalue weighted by Crippen LogP contribution is 2.41. The molecule has 77 heavy (non-hydrogen) atoms. The van der Waals surface area contributed by atoms with Crippen molar-refractivity contribution < 1.29 is 9.18 Å². The molecule has 0 spiro atoms. The Labute approximate surface area is 462 Å². The van der Waals surface area contributed by atoms with Gasteiger partial charge in [-0.25, -0.2) is 14.4 Å². The van der Waals surface area contributed by atoms with E-state index in [0.29, 0.717) is 28.9 Å². The second kappa shape index (κ2) is 24.2. The predicted molar refractivity (Wildman–Crippen MR) is 324 cm³/mol. The number of thiazole rings is 1. The molecule has 6 aromatic rings. The molecule has 1 atom stereocenters. The normalized spacial score (nSPS) is 15.2. The number of anilines is 3. The number of pyridine rings is 1. The fraction of sp³-hybridized carbons (Fsp3) is 0.379. The molecular formula is C66H79FN8OS. The van der Waals surface area contributed by atoms with Crippen molar-refractivity contribution >= 4 is 61.1 Å². The lowest BCUT2D eigenvalue weighted by Gasteiger charge is -2.36. The quantitative estimate of drug-likeness (QED) is 0.0485. The number of allylic oxidation sites excluding steroid dienone is 2. The topological polar surface area (TPSA) is 79.9 Å². The van der Waals surface area contributed by atoms with Gasteiger partial charge in [0.25, 0.3) is 5.91 Å². The summed E-state index contributed by atoms with van der Waals surface area (Å²) in [4.78, 5) is 32.6. The summed E-state index contributed by atoms with van der Waals surface area (Å²) >= 11 is 1.65. The predicted octanol–water partition coefficient (Wildman–Crippen LogP) is 15.1. The first-order valence-corrected chi connectivity index (χ1v) is 28.7. The van der Waals surface area contributed by atoms with Crippen LogP contribution >= 0.6 is 11.3 Å². The van der Waals surface area contributed by atoms with Crippen LogP contribution in [-0.2, 0) is 19.4 Å². The van der Waals surface area contributed by atoms with Crippen molar-refractivity contribution in [1.29, 1.82) is 0 Å². The monoisotopic (exact) mass is 1050 g/mol. The Morgan fingerprint density at radius 3 is 2.34 bits per heavy atom. The standard InChI is InChI=1S/C66H79FN8OS/c1-11-12-29-59(47(5)68-10)75-48(6)54-41-60(57(67)40-55(54)64(75)76)73-38-36-72(37-39-73)34-20-16-14-13-15-17-23-49-24-21-26-51(45(49)3)53-31-32-62(71-63(53)44(2)42-66(7,8)9)74-35-33-50-25-22-27-52(56(50)43-74)46(4)69-65-70-58-28-18-19-30-61(58)77-65/h11,18-19,21-22,24-28,30-32,40-41,59,68H,1-2,4-6,12-17,20,23,29,33-39,42-43H2,3,7-10H3,(H,69,70). The number of likely N-dealkylation sites (N-methyl/N-ethyl adjacent to an activating group) is 1. The number of hydrogen-bond acceptors (Lipinski definition) is 9. The van der Waals surface area contributed by atoms with Crippen LogP contribution in [0.3, 0.4) is 0 Å². The highest BCUT2D eigenvalue weighted by Gasteiger charge is 2.38. The van der Waals surface area contributed by atoms with Crippen molar-refractivity contribution in [1.82, 2.24) is 25.1 Å². The van der Waals surface area contributed by atoms with Crippen LogP contribution < -0.4 is 20.4 Å². The second-order valence-corrected chi connectivity index (χ2v) is 23.6. The average molecular weight is 1050 g/mol. The zero-order valence-corrected chi connectivity index (χ0v) is 47.2. The van der Waals surface area contributed by atoms with Crippen molar-refractivity contribution in [2.24, 2.45) is 5.41 Å². The summed E-state index contributed by atoms with van der Waals surface area (Å²) in [7, 11) is 1.80. The van der Waals surface area contributed by atoms with E-state index in [1.165, 1.54) is 59.6 Å². The second-order valence-electron chi connectivity index (χ2n) is 22.5. The summed E-state index contributed by atoms with van der Waals surface area (Å²) in [6.45, 7) is 36.5. The van der Waals surface area contributed by atoms with Crippen LogP contribution in [0.25, 0.3) is 38.3 Å². The van der Waals surface area contributed by atoms with E-state index in [1.807, 2.05) is 24.3 Å². The number of aryl methyl sites for hydroxylation is 1. The van der Waals surface area contributed by atoms with Gasteiger partial charge in [0.1, 0.15) is 11.6 Å². The minimum absolute atomic E-state index is 0.0601. The maximum absolute atomic E-state index is 15.7. The van der Waals surface area contributed by atoms with Gasteiger partial charge >= 0.3 is 0 Å². The van der Waals surface area contributed by atoms with Crippen molar-refractivity contribution in [2.45, 2.75) is 111 Å². The van der Waals surface area contributed by atoms with E-state index >= 15 is 4.39 Å². The molecule has 1 unspecified atom stereocenters. The van der Waals surface area contributed by atoms with Gasteiger partial charge in [-0.2, -0.15) is 0 Å². The van der Waals surface area contributed by atoms with E-state index < -0.39 is 0 Å². The molecule has 11 heteroatoms. The van der Waals surface area contributed by atoms with E-state index in [-0.39, 0.29) is 23.2 Å². The van der Waals surface area contributed by atoms with Gasteiger partial charge in [-0.3, -0.25) is 14.6 Å². The number of aromatic nitrogens is 2. The van der Waals surface area contributed by atoms with Crippen molar-refractivity contribution in [3.8, 4) is 11.1 Å². The molecule has 0 radical (unpaired) electrons. The first kappa shape index (κ1) is 55.0. The zero-order chi connectivity index (χ0) is 54.4. The van der Waals surface area contributed by atoms with Gasteiger partial charge in [-0.05, 0) is 134 Å². The summed E-state index contributed by atoms with van der Waals surface area (Å²) < 4.78 is 16.9. The Morgan fingerprint density at radius 1 is 0.831 bits per heavy atom. The molecule has 2 N–H and O–H groups in total. The molecule has 0 bridgehead atoms. The molecule has 0 aliphatic carbocycles. The summed E-state index contributed by atoms with van der Waals surface area (Å²) in [5.41, 5.74) is 15.8. The number of rotatable bonds is 23. The van der Waals surface area contributed by atoms with Gasteiger partial charge in [0.2, 0.25) is 0 Å². The Morgan fingerprint density at radius 2 is 1.58 bits per heavy atom. The van der Waals surface area contributed by atoms with Crippen LogP contribution in [0, 0.1) is 18.2 Å². The number of para-hydroxylation sites is 1. The number of fused-ring (bicyclic) bond motifs is 3. The van der Waals surface area contributed by atoms with Crippen LogP contribution in [0.15, 0.2) is 130 Å². The summed E-state index contributed by atoms with van der Waals surface area (Å²) in [6, 6.07) is 29.0. The average Bonchev–Trinajstić information content (AvgIpc) is 4.02. The molecule has 1 fully saturated rings. The molecule has 0 saturated carbocycles. The van der Waals surface area contributed by atoms with Crippen molar-refractivity contribution in [3.05, 3.63) is 180 Å². The maximum atomic E-state index is 15.7. The molecule has 1 amide bonds. The van der Waals surface area contributed by atoms with E-state index in [0.717, 1.165) is 139 Å². The number of nitrogens with one attached hydrogen (secondary N) is 2. The summed E-state index contributed by atoms with van der Waals surface area (Å²) in [5.74, 6) is 0.385. The van der Waals surface area contributed by atoms with Gasteiger partial charge in [0, 0.05) is 80.1 Å². The number of hydrogen-bond donors (Lipinski definition) is 2. The number of nitrogens with zero attached hydrogens (tertiary/aromatic N) is 6. The molecule has 3 aliphatic heterocycles. The molecule has 1 saturated heterocycles. The highest BCUT2D eigenvalue weighted by molar-refractivity contribution is 7.22. The summed E-state index contributed by atoms with van der Waals surface area (Å²) in [5, 5.41) is 7.49. The van der Waals surface area contributed by atoms with Gasteiger partial charge in [0.05, 0.1) is 33.2 Å². The zero-order valence-electron chi connectivity index (χ0n) is 46.4. The summed E-state index contributed by atoms with van der Waals surface area (Å²) in [6.07, 6.45) is 13.2. The molecule has 5 heterocycles. The number of amides is 1. The van der Waals surface area contributed by atoms with Crippen LogP contribution in [0.1, 0.15) is 128 Å². The van der Waals surface area contributed by atoms with Crippen LogP contribution in [0.4, 0.5) is 21.0 Å². The van der Waals surface area contributed by atoms with Crippen molar-refractivity contribution in [3.63, 3.8) is 0 Å². The smallest absolute Gasteiger partial charge is 0.259 e. The minimum Gasteiger partial charge on any atom is -0.390 e. The molecule has 9 rings (SSSR count). The lowest BCUT2D eigenvalue weighted by molar-refractivity contribution is 0.0813. The maximum Gasteiger partial charge on any atom is 0.259 e. The van der Waals surface area contributed by atoms with Crippen LogP contribution in [0.2, 0.25) is 0 Å². The number of unbranched alkanes of at least 4 members (excludes halogenated alkanes) is 5. The largest absolute Gasteiger partial charge is 0.390 e. The Hall–Kier alpha value is -6.82. The Kier molecular flexibility index (Phi) is 17.3. The fourth-order valence-corrected chi connectivity index (χ4v) is 12.6. The van der Waals surface area contributed by atoms with Gasteiger partial charge in [-0.1, -0.05) is 139 Å². The first-order chi connectivity index (χ1) is 37.1. The van der Waals surface area contributed by atoms with E-state index in [2.05, 4.69) is 147 Å². The third-order valence-corrected chi connectivity index (χ3v) is 16.8. The highest BCUT2D eigenvalue weighted by atomic mass is 32.1. The third-order valence-electron chi connectivity index (χ3n) is 15.9. The molecule has 4 aromatic carbocycles.